The number of para-hydroxylation sites is 1. The van der Waals surface area contributed by atoms with Gasteiger partial charge in [-0.05, 0) is 28.1 Å². The lowest BCUT2D eigenvalue weighted by atomic mass is 10.1. The van der Waals surface area contributed by atoms with Crippen LogP contribution in [0.1, 0.15) is 18.3 Å². The predicted octanol–water partition coefficient (Wildman–Crippen LogP) is 2.27. The number of nitrogens with zero attached hydrogens (tertiary/aromatic N) is 3. The number of carbonyl (C=O) groups excluding carboxylic acids is 1. The Kier molecular flexibility index (Phi) is 7.34. The fraction of sp³-hybridized carbons (Fsp3) is 0.333. The van der Waals surface area contributed by atoms with Gasteiger partial charge in [-0.1, -0.05) is 25.1 Å². The van der Waals surface area contributed by atoms with E-state index < -0.39 is 4.92 Å². The van der Waals surface area contributed by atoms with Crippen molar-refractivity contribution in [2.75, 3.05) is 11.9 Å². The van der Waals surface area contributed by atoms with Gasteiger partial charge in [0.1, 0.15) is 12.7 Å². The predicted molar refractivity (Wildman–Crippen MR) is 93.3 cm³/mol. The number of halogens is 1. The molecule has 9 heteroatoms. The number of anilines is 1. The summed E-state index contributed by atoms with van der Waals surface area (Å²) in [4.78, 5) is 26.1. The third-order valence-corrected chi connectivity index (χ3v) is 3.32. The SMILES string of the molecule is CCNCc1ccccc1NC(=O)Cn1cc([N+](=O)[O-])nc1C.Cl. The number of hydrogen-bond donors (Lipinski definition) is 2. The van der Waals surface area contributed by atoms with Crippen molar-refractivity contribution in [3.05, 3.63) is 52.0 Å². The Hall–Kier alpha value is -2.45. The molecule has 0 aliphatic rings. The molecule has 0 saturated heterocycles. The first kappa shape index (κ1) is 19.6. The second-order valence-electron chi connectivity index (χ2n) is 5.02. The van der Waals surface area contributed by atoms with Crippen LogP contribution in [-0.4, -0.2) is 26.9 Å². The maximum atomic E-state index is 12.2. The maximum absolute atomic E-state index is 12.2. The molecule has 0 bridgehead atoms. The molecule has 1 amide bonds. The molecular formula is C15H20ClN5O3. The van der Waals surface area contributed by atoms with E-state index >= 15 is 0 Å². The fourth-order valence-electron chi connectivity index (χ4n) is 2.14. The Labute approximate surface area is 145 Å². The van der Waals surface area contributed by atoms with Gasteiger partial charge < -0.3 is 20.7 Å². The molecule has 0 radical (unpaired) electrons. The second kappa shape index (κ2) is 8.99. The topological polar surface area (TPSA) is 102 Å². The number of rotatable bonds is 7. The van der Waals surface area contributed by atoms with Crippen molar-refractivity contribution in [1.29, 1.82) is 0 Å². The van der Waals surface area contributed by atoms with Crippen LogP contribution in [0.2, 0.25) is 0 Å². The van der Waals surface area contributed by atoms with E-state index in [0.29, 0.717) is 12.4 Å². The molecule has 2 rings (SSSR count). The lowest BCUT2D eigenvalue weighted by molar-refractivity contribution is -0.389. The first-order valence-electron chi connectivity index (χ1n) is 7.28. The van der Waals surface area contributed by atoms with E-state index in [2.05, 4.69) is 15.6 Å². The van der Waals surface area contributed by atoms with Gasteiger partial charge in [-0.15, -0.1) is 12.4 Å². The number of nitrogens with one attached hydrogen (secondary N) is 2. The molecule has 130 valence electrons. The zero-order valence-electron chi connectivity index (χ0n) is 13.5. The number of benzene rings is 1. The van der Waals surface area contributed by atoms with E-state index in [1.54, 1.807) is 6.92 Å². The summed E-state index contributed by atoms with van der Waals surface area (Å²) in [5.74, 6) is -0.0972. The highest BCUT2D eigenvalue weighted by Gasteiger charge is 2.17. The van der Waals surface area contributed by atoms with Crippen LogP contribution in [0.4, 0.5) is 11.5 Å². The van der Waals surface area contributed by atoms with Crippen LogP contribution in [-0.2, 0) is 17.9 Å². The van der Waals surface area contributed by atoms with Crippen molar-refractivity contribution in [1.82, 2.24) is 14.9 Å². The lowest BCUT2D eigenvalue weighted by Gasteiger charge is -2.11. The minimum atomic E-state index is -0.576. The molecular weight excluding hydrogens is 334 g/mol. The summed E-state index contributed by atoms with van der Waals surface area (Å²) in [6.07, 6.45) is 1.26. The van der Waals surface area contributed by atoms with E-state index in [-0.39, 0.29) is 30.7 Å². The molecule has 24 heavy (non-hydrogen) atoms. The largest absolute Gasteiger partial charge is 0.381 e. The molecule has 1 aromatic heterocycles. The van der Waals surface area contributed by atoms with Gasteiger partial charge in [0.05, 0.1) is 0 Å². The van der Waals surface area contributed by atoms with Crippen LogP contribution in [0.25, 0.3) is 0 Å². The standard InChI is InChI=1S/C15H19N5O3.ClH/c1-3-16-8-12-6-4-5-7-13(12)18-15(21)10-19-9-14(20(22)23)17-11(19)2;/h4-7,9,16H,3,8,10H2,1-2H3,(H,18,21);1H. The number of aromatic nitrogens is 2. The van der Waals surface area contributed by atoms with Crippen LogP contribution in [0.5, 0.6) is 0 Å². The smallest absolute Gasteiger partial charge is 0.358 e. The number of nitro groups is 1. The van der Waals surface area contributed by atoms with Gasteiger partial charge in [0.25, 0.3) is 0 Å². The zero-order chi connectivity index (χ0) is 16.8. The van der Waals surface area contributed by atoms with Crippen molar-refractivity contribution in [2.45, 2.75) is 26.9 Å². The summed E-state index contributed by atoms with van der Waals surface area (Å²) >= 11 is 0. The van der Waals surface area contributed by atoms with Crippen LogP contribution >= 0.6 is 12.4 Å². The lowest BCUT2D eigenvalue weighted by Crippen LogP contribution is -2.21. The number of amides is 1. The normalized spacial score (nSPS) is 10.1. The van der Waals surface area contributed by atoms with Gasteiger partial charge in [-0.2, -0.15) is 0 Å². The van der Waals surface area contributed by atoms with E-state index in [9.17, 15) is 14.9 Å². The summed E-state index contributed by atoms with van der Waals surface area (Å²) < 4.78 is 1.46. The van der Waals surface area contributed by atoms with Gasteiger partial charge in [-0.3, -0.25) is 9.36 Å². The van der Waals surface area contributed by atoms with Crippen LogP contribution in [0.3, 0.4) is 0 Å². The summed E-state index contributed by atoms with van der Waals surface area (Å²) in [7, 11) is 0. The Morgan fingerprint density at radius 3 is 2.71 bits per heavy atom. The number of carbonyl (C=O) groups is 1. The number of hydrogen-bond acceptors (Lipinski definition) is 5. The van der Waals surface area contributed by atoms with Gasteiger partial charge in [0.15, 0.2) is 0 Å². The van der Waals surface area contributed by atoms with Crippen molar-refractivity contribution in [2.24, 2.45) is 0 Å². The quantitative estimate of drug-likeness (QED) is 0.587. The molecule has 1 heterocycles. The molecule has 0 saturated carbocycles. The second-order valence-corrected chi connectivity index (χ2v) is 5.02. The van der Waals surface area contributed by atoms with Gasteiger partial charge in [0, 0.05) is 19.2 Å². The first-order chi connectivity index (χ1) is 11.0. The van der Waals surface area contributed by atoms with Crippen molar-refractivity contribution in [3.63, 3.8) is 0 Å². The highest BCUT2D eigenvalue weighted by atomic mass is 35.5. The highest BCUT2D eigenvalue weighted by Crippen LogP contribution is 2.15. The third-order valence-electron chi connectivity index (χ3n) is 3.32. The van der Waals surface area contributed by atoms with Crippen molar-refractivity contribution < 1.29 is 9.72 Å². The van der Waals surface area contributed by atoms with E-state index in [1.165, 1.54) is 10.8 Å². The maximum Gasteiger partial charge on any atom is 0.381 e. The molecule has 0 aliphatic carbocycles. The Balaban J connectivity index is 0.00000288. The van der Waals surface area contributed by atoms with E-state index in [4.69, 9.17) is 0 Å². The summed E-state index contributed by atoms with van der Waals surface area (Å²) in [6.45, 7) is 5.10. The third kappa shape index (κ3) is 5.04. The first-order valence-corrected chi connectivity index (χ1v) is 7.28. The van der Waals surface area contributed by atoms with Crippen LogP contribution < -0.4 is 10.6 Å². The van der Waals surface area contributed by atoms with E-state index in [1.807, 2.05) is 31.2 Å². The molecule has 0 aliphatic heterocycles. The minimum absolute atomic E-state index is 0. The van der Waals surface area contributed by atoms with Crippen molar-refractivity contribution in [3.8, 4) is 0 Å². The highest BCUT2D eigenvalue weighted by molar-refractivity contribution is 5.91. The zero-order valence-corrected chi connectivity index (χ0v) is 14.3. The van der Waals surface area contributed by atoms with Gasteiger partial charge >= 0.3 is 5.82 Å². The molecule has 0 fully saturated rings. The fourth-order valence-corrected chi connectivity index (χ4v) is 2.14. The molecule has 2 aromatic rings. The van der Waals surface area contributed by atoms with Gasteiger partial charge in [0.2, 0.25) is 11.7 Å². The molecule has 0 atom stereocenters. The summed E-state index contributed by atoms with van der Waals surface area (Å²) in [5, 5.41) is 16.8. The molecule has 0 unspecified atom stereocenters. The van der Waals surface area contributed by atoms with E-state index in [0.717, 1.165) is 17.8 Å². The molecule has 0 spiro atoms. The summed E-state index contributed by atoms with van der Waals surface area (Å²) in [5.41, 5.74) is 1.71. The Bertz CT molecular complexity index is 717. The van der Waals surface area contributed by atoms with Gasteiger partial charge in [-0.25, -0.2) is 0 Å². The number of imidazole rings is 1. The Morgan fingerprint density at radius 1 is 1.38 bits per heavy atom. The Morgan fingerprint density at radius 2 is 2.08 bits per heavy atom. The monoisotopic (exact) mass is 353 g/mol. The molecule has 1 aromatic carbocycles. The van der Waals surface area contributed by atoms with Crippen LogP contribution in [0.15, 0.2) is 30.5 Å². The average molecular weight is 354 g/mol. The minimum Gasteiger partial charge on any atom is -0.358 e. The molecule has 8 nitrogen and oxygen atoms in total. The summed E-state index contributed by atoms with van der Waals surface area (Å²) in [6, 6.07) is 7.52. The molecule has 2 N–H and O–H groups in total. The number of aryl methyl sites for hydroxylation is 1. The van der Waals surface area contributed by atoms with Crippen molar-refractivity contribution >= 4 is 29.8 Å². The average Bonchev–Trinajstić information content (AvgIpc) is 2.87. The van der Waals surface area contributed by atoms with Crippen LogP contribution in [0, 0.1) is 17.0 Å².